The number of fused-ring (bicyclic) bond motifs is 2. The van der Waals surface area contributed by atoms with Crippen molar-refractivity contribution in [2.75, 3.05) is 7.11 Å². The van der Waals surface area contributed by atoms with Crippen molar-refractivity contribution < 1.29 is 18.3 Å². The van der Waals surface area contributed by atoms with Crippen LogP contribution < -0.4 is 5.73 Å². The van der Waals surface area contributed by atoms with Crippen LogP contribution in [0.15, 0.2) is 11.7 Å². The summed E-state index contributed by atoms with van der Waals surface area (Å²) in [4.78, 5) is 11.4. The first-order chi connectivity index (χ1) is 7.06. The smallest absolute Gasteiger partial charge is 0.310 e. The summed E-state index contributed by atoms with van der Waals surface area (Å²) in [6.07, 6.45) is -0.741. The molecule has 0 radical (unpaired) electrons. The second-order valence-electron chi connectivity index (χ2n) is 4.22. The van der Waals surface area contributed by atoms with Crippen LogP contribution in [0.1, 0.15) is 12.8 Å². The number of methoxy groups -OCH3 is 1. The molecule has 0 aromatic heterocycles. The van der Waals surface area contributed by atoms with Gasteiger partial charge in [-0.15, -0.1) is 0 Å². The molecule has 0 amide bonds. The molecule has 0 heterocycles. The third kappa shape index (κ3) is 1.45. The number of hydrogen-bond donors (Lipinski definition) is 1. The van der Waals surface area contributed by atoms with E-state index in [0.29, 0.717) is 12.8 Å². The maximum absolute atomic E-state index is 12.5. The molecule has 2 aliphatic rings. The summed E-state index contributed by atoms with van der Waals surface area (Å²) in [5.41, 5.74) is 5.95. The second kappa shape index (κ2) is 3.56. The predicted octanol–water partition coefficient (Wildman–Crippen LogP) is 1.29. The van der Waals surface area contributed by atoms with Gasteiger partial charge in [0.05, 0.1) is 13.0 Å². The number of rotatable bonds is 1. The Morgan fingerprint density at radius 3 is 2.67 bits per heavy atom. The molecule has 0 aliphatic heterocycles. The molecule has 2 saturated carbocycles. The molecule has 2 fully saturated rings. The molecule has 2 aliphatic carbocycles. The number of carbonyl (C=O) groups excluding carboxylic acids is 1. The Hall–Kier alpha value is -0.970. The summed E-state index contributed by atoms with van der Waals surface area (Å²) in [6.45, 7) is 0. The summed E-state index contributed by atoms with van der Waals surface area (Å²) < 4.78 is 29.6. The zero-order chi connectivity index (χ0) is 11.2. The third-order valence-electron chi connectivity index (χ3n) is 3.59. The molecule has 2 N–H and O–H groups in total. The lowest BCUT2D eigenvalue weighted by Crippen LogP contribution is -2.41. The van der Waals surface area contributed by atoms with Gasteiger partial charge in [0, 0.05) is 17.5 Å². The van der Waals surface area contributed by atoms with Crippen LogP contribution in [0.4, 0.5) is 8.78 Å². The molecule has 0 unspecified atom stereocenters. The molecule has 0 aromatic carbocycles. The zero-order valence-corrected chi connectivity index (χ0v) is 8.37. The predicted molar refractivity (Wildman–Crippen MR) is 48.9 cm³/mol. The fourth-order valence-corrected chi connectivity index (χ4v) is 2.92. The van der Waals surface area contributed by atoms with Crippen LogP contribution in [0.5, 0.6) is 0 Å². The highest BCUT2D eigenvalue weighted by Crippen LogP contribution is 2.52. The van der Waals surface area contributed by atoms with Gasteiger partial charge in [-0.25, -0.2) is 0 Å². The summed E-state index contributed by atoms with van der Waals surface area (Å²) in [5.74, 6) is -1.16. The average Bonchev–Trinajstić information content (AvgIpc) is 2.73. The van der Waals surface area contributed by atoms with Crippen LogP contribution in [-0.4, -0.2) is 19.1 Å². The molecule has 2 bridgehead atoms. The highest BCUT2D eigenvalue weighted by molar-refractivity contribution is 5.74. The molecule has 84 valence electrons. The lowest BCUT2D eigenvalue weighted by atomic mass is 9.82. The van der Waals surface area contributed by atoms with E-state index < -0.39 is 18.0 Å². The van der Waals surface area contributed by atoms with Gasteiger partial charge in [0.15, 0.2) is 0 Å². The van der Waals surface area contributed by atoms with Gasteiger partial charge in [0.1, 0.15) is 0 Å². The maximum Gasteiger partial charge on any atom is 0.310 e. The van der Waals surface area contributed by atoms with Crippen molar-refractivity contribution in [2.24, 2.45) is 23.5 Å². The third-order valence-corrected chi connectivity index (χ3v) is 3.59. The number of hydrogen-bond acceptors (Lipinski definition) is 3. The minimum atomic E-state index is -1.62. The van der Waals surface area contributed by atoms with Crippen molar-refractivity contribution in [1.29, 1.82) is 0 Å². The fourth-order valence-electron chi connectivity index (χ4n) is 2.92. The van der Waals surface area contributed by atoms with Crippen LogP contribution in [0.25, 0.3) is 0 Å². The average molecular weight is 217 g/mol. The Morgan fingerprint density at radius 2 is 2.20 bits per heavy atom. The van der Waals surface area contributed by atoms with E-state index in [1.54, 1.807) is 0 Å². The Labute approximate surface area is 86.3 Å². The SMILES string of the molecule is COC(=O)[C@H]1[C@@H]2CC(=C(F)F)[C@@H](C2)[C@H]1N. The summed E-state index contributed by atoms with van der Waals surface area (Å²) >= 11 is 0. The van der Waals surface area contributed by atoms with Crippen LogP contribution in [0.3, 0.4) is 0 Å². The second-order valence-corrected chi connectivity index (χ2v) is 4.22. The zero-order valence-electron chi connectivity index (χ0n) is 8.37. The van der Waals surface area contributed by atoms with E-state index in [0.717, 1.165) is 0 Å². The molecule has 0 saturated heterocycles. The summed E-state index contributed by atoms with van der Waals surface area (Å²) in [6, 6.07) is -0.507. The highest BCUT2D eigenvalue weighted by Gasteiger charge is 2.53. The minimum absolute atomic E-state index is 0.0612. The van der Waals surface area contributed by atoms with Crippen molar-refractivity contribution >= 4 is 5.97 Å². The standard InChI is InChI=1S/C10H13F2NO2/c1-15-10(14)7-4-2-5(8(7)13)6(3-4)9(11)12/h4-5,7-8H,2-3,13H2,1H3/t4-,5+,7-,8+/m0/s1. The molecular formula is C10H13F2NO2. The number of esters is 1. The number of ether oxygens (including phenoxy) is 1. The lowest BCUT2D eigenvalue weighted by molar-refractivity contribution is -0.147. The quantitative estimate of drug-likeness (QED) is 0.673. The minimum Gasteiger partial charge on any atom is -0.469 e. The van der Waals surface area contributed by atoms with Gasteiger partial charge in [-0.1, -0.05) is 0 Å². The van der Waals surface area contributed by atoms with Gasteiger partial charge in [-0.2, -0.15) is 8.78 Å². The number of halogens is 2. The normalized spacial score (nSPS) is 38.3. The molecule has 5 heteroatoms. The van der Waals surface area contributed by atoms with Crippen LogP contribution in [0.2, 0.25) is 0 Å². The topological polar surface area (TPSA) is 52.3 Å². The van der Waals surface area contributed by atoms with Crippen molar-refractivity contribution in [3.05, 3.63) is 11.7 Å². The van der Waals surface area contributed by atoms with Gasteiger partial charge >= 0.3 is 5.97 Å². The molecular weight excluding hydrogens is 204 g/mol. The first kappa shape index (κ1) is 10.5. The molecule has 4 atom stereocenters. The number of nitrogens with two attached hydrogens (primary N) is 1. The first-order valence-corrected chi connectivity index (χ1v) is 4.93. The largest absolute Gasteiger partial charge is 0.469 e. The molecule has 0 spiro atoms. The van der Waals surface area contributed by atoms with Gasteiger partial charge in [-0.05, 0) is 18.8 Å². The van der Waals surface area contributed by atoms with Crippen molar-refractivity contribution in [3.63, 3.8) is 0 Å². The maximum atomic E-state index is 12.5. The van der Waals surface area contributed by atoms with Gasteiger partial charge in [-0.3, -0.25) is 4.79 Å². The van der Waals surface area contributed by atoms with E-state index in [4.69, 9.17) is 5.73 Å². The van der Waals surface area contributed by atoms with Crippen LogP contribution in [-0.2, 0) is 9.53 Å². The monoisotopic (exact) mass is 217 g/mol. The molecule has 2 rings (SSSR count). The van der Waals surface area contributed by atoms with E-state index in [2.05, 4.69) is 4.74 Å². The summed E-state index contributed by atoms with van der Waals surface area (Å²) in [7, 11) is 1.30. The van der Waals surface area contributed by atoms with Crippen molar-refractivity contribution in [3.8, 4) is 0 Å². The Morgan fingerprint density at radius 1 is 1.53 bits per heavy atom. The van der Waals surface area contributed by atoms with Crippen molar-refractivity contribution in [1.82, 2.24) is 0 Å². The Balaban J connectivity index is 2.21. The molecule has 0 aromatic rings. The van der Waals surface area contributed by atoms with Gasteiger partial charge in [0.2, 0.25) is 0 Å². The molecule has 3 nitrogen and oxygen atoms in total. The highest BCUT2D eigenvalue weighted by atomic mass is 19.3. The first-order valence-electron chi connectivity index (χ1n) is 4.93. The van der Waals surface area contributed by atoms with Gasteiger partial charge in [0.25, 0.3) is 6.08 Å². The van der Waals surface area contributed by atoms with Crippen LogP contribution >= 0.6 is 0 Å². The van der Waals surface area contributed by atoms with E-state index in [1.807, 2.05) is 0 Å². The summed E-state index contributed by atoms with van der Waals surface area (Å²) in [5, 5.41) is 0. The van der Waals surface area contributed by atoms with Gasteiger partial charge < -0.3 is 10.5 Å². The molecule has 15 heavy (non-hydrogen) atoms. The van der Waals surface area contributed by atoms with E-state index in [9.17, 15) is 13.6 Å². The Kier molecular flexibility index (Phi) is 2.50. The van der Waals surface area contributed by atoms with E-state index in [1.165, 1.54) is 7.11 Å². The number of carbonyl (C=O) groups is 1. The fraction of sp³-hybridized carbons (Fsp3) is 0.700. The van der Waals surface area contributed by atoms with E-state index in [-0.39, 0.29) is 23.4 Å². The lowest BCUT2D eigenvalue weighted by Gasteiger charge is -2.27. The van der Waals surface area contributed by atoms with Crippen LogP contribution in [0, 0.1) is 17.8 Å². The van der Waals surface area contributed by atoms with Crippen molar-refractivity contribution in [2.45, 2.75) is 18.9 Å². The van der Waals surface area contributed by atoms with E-state index >= 15 is 0 Å². The Bertz CT molecular complexity index is 323.